The summed E-state index contributed by atoms with van der Waals surface area (Å²) < 4.78 is 7.42. The zero-order chi connectivity index (χ0) is 17.9. The van der Waals surface area contributed by atoms with Crippen LogP contribution in [0.4, 0.5) is 0 Å². The van der Waals surface area contributed by atoms with Crippen molar-refractivity contribution in [3.8, 4) is 5.75 Å². The third-order valence-corrected chi connectivity index (χ3v) is 5.65. The topological polar surface area (TPSA) is 56.1 Å². The molecule has 1 aliphatic rings. The van der Waals surface area contributed by atoms with Crippen LogP contribution in [-0.4, -0.2) is 27.2 Å². The molecule has 0 aliphatic carbocycles. The molecule has 0 radical (unpaired) electrons. The lowest BCUT2D eigenvalue weighted by molar-refractivity contribution is 0.289. The van der Waals surface area contributed by atoms with Crippen LogP contribution in [0.3, 0.4) is 0 Å². The van der Waals surface area contributed by atoms with Gasteiger partial charge in [-0.3, -0.25) is 9.36 Å². The highest BCUT2D eigenvalue weighted by atomic mass is 32.2. The summed E-state index contributed by atoms with van der Waals surface area (Å²) in [5.74, 6) is 3.61. The van der Waals surface area contributed by atoms with E-state index in [0.29, 0.717) is 22.8 Å². The van der Waals surface area contributed by atoms with Gasteiger partial charge in [-0.25, -0.2) is 4.98 Å². The van der Waals surface area contributed by atoms with Crippen molar-refractivity contribution in [1.29, 1.82) is 0 Å². The van der Waals surface area contributed by atoms with Crippen LogP contribution >= 0.6 is 11.8 Å². The van der Waals surface area contributed by atoms with E-state index in [0.717, 1.165) is 18.0 Å². The second kappa shape index (κ2) is 7.51. The van der Waals surface area contributed by atoms with Crippen molar-refractivity contribution in [3.05, 3.63) is 70.3 Å². The summed E-state index contributed by atoms with van der Waals surface area (Å²) in [6, 6.07) is 16.1. The summed E-state index contributed by atoms with van der Waals surface area (Å²) in [6.07, 6.45) is 1.04. The molecule has 1 aromatic heterocycles. The zero-order valence-electron chi connectivity index (χ0n) is 14.6. The predicted octanol–water partition coefficient (Wildman–Crippen LogP) is 2.72. The van der Waals surface area contributed by atoms with Crippen molar-refractivity contribution < 1.29 is 4.74 Å². The SMILES string of the molecule is Cn1c(COc2ccc(CC3CSCN3)cc2)nc2ccccc2c1=O. The molecule has 134 valence electrons. The standard InChI is InChI=1S/C20H21N3O2S/c1-23-19(22-18-5-3-2-4-17(18)20(23)24)11-25-16-8-6-14(7-9-16)10-15-12-26-13-21-15/h2-9,15,21H,10-13H2,1H3. The molecular formula is C20H21N3O2S. The number of aromatic nitrogens is 2. The molecule has 5 nitrogen and oxygen atoms in total. The van der Waals surface area contributed by atoms with Gasteiger partial charge in [-0.2, -0.15) is 0 Å². The number of nitrogens with zero attached hydrogens (tertiary/aromatic N) is 2. The Hall–Kier alpha value is -2.31. The lowest BCUT2D eigenvalue weighted by atomic mass is 10.1. The molecule has 6 heteroatoms. The van der Waals surface area contributed by atoms with Crippen LogP contribution < -0.4 is 15.6 Å². The average molecular weight is 367 g/mol. The maximum absolute atomic E-state index is 12.4. The van der Waals surface area contributed by atoms with Gasteiger partial charge in [0, 0.05) is 24.7 Å². The first-order chi connectivity index (χ1) is 12.7. The summed E-state index contributed by atoms with van der Waals surface area (Å²) in [4.78, 5) is 17.0. The van der Waals surface area contributed by atoms with Crippen molar-refractivity contribution in [1.82, 2.24) is 14.9 Å². The Morgan fingerprint density at radius 1 is 1.23 bits per heavy atom. The molecule has 2 aromatic carbocycles. The van der Waals surface area contributed by atoms with E-state index < -0.39 is 0 Å². The molecule has 1 fully saturated rings. The Morgan fingerprint density at radius 2 is 2.04 bits per heavy atom. The van der Waals surface area contributed by atoms with Gasteiger partial charge in [0.2, 0.25) is 0 Å². The largest absolute Gasteiger partial charge is 0.486 e. The summed E-state index contributed by atoms with van der Waals surface area (Å²) in [7, 11) is 1.73. The molecule has 1 saturated heterocycles. The van der Waals surface area contributed by atoms with Gasteiger partial charge < -0.3 is 10.1 Å². The molecule has 0 spiro atoms. The van der Waals surface area contributed by atoms with Gasteiger partial charge >= 0.3 is 0 Å². The predicted molar refractivity (Wildman–Crippen MR) is 106 cm³/mol. The molecule has 0 saturated carbocycles. The highest BCUT2D eigenvalue weighted by Gasteiger charge is 2.14. The minimum Gasteiger partial charge on any atom is -0.486 e. The van der Waals surface area contributed by atoms with Gasteiger partial charge in [-0.1, -0.05) is 24.3 Å². The first-order valence-corrected chi connectivity index (χ1v) is 9.84. The van der Waals surface area contributed by atoms with Gasteiger partial charge in [0.25, 0.3) is 5.56 Å². The average Bonchev–Trinajstić information content (AvgIpc) is 3.18. The van der Waals surface area contributed by atoms with Crippen molar-refractivity contribution in [2.45, 2.75) is 19.1 Å². The molecule has 3 aromatic rings. The highest BCUT2D eigenvalue weighted by molar-refractivity contribution is 7.99. The van der Waals surface area contributed by atoms with E-state index in [9.17, 15) is 4.79 Å². The van der Waals surface area contributed by atoms with Crippen LogP contribution in [0.15, 0.2) is 53.3 Å². The summed E-state index contributed by atoms with van der Waals surface area (Å²) in [6.45, 7) is 0.261. The fraction of sp³-hybridized carbons (Fsp3) is 0.300. The Morgan fingerprint density at radius 3 is 2.81 bits per heavy atom. The monoisotopic (exact) mass is 367 g/mol. The quantitative estimate of drug-likeness (QED) is 0.751. The number of fused-ring (bicyclic) bond motifs is 1. The van der Waals surface area contributed by atoms with E-state index in [4.69, 9.17) is 4.74 Å². The molecule has 1 atom stereocenters. The lowest BCUT2D eigenvalue weighted by Crippen LogP contribution is -2.25. The van der Waals surface area contributed by atoms with Crippen molar-refractivity contribution in [2.75, 3.05) is 11.6 Å². The number of hydrogen-bond acceptors (Lipinski definition) is 5. The summed E-state index contributed by atoms with van der Waals surface area (Å²) in [5, 5.41) is 4.11. The second-order valence-corrected chi connectivity index (χ2v) is 7.49. The number of para-hydroxylation sites is 1. The number of benzene rings is 2. The molecule has 0 bridgehead atoms. The summed E-state index contributed by atoms with van der Waals surface area (Å²) in [5.41, 5.74) is 1.95. The van der Waals surface area contributed by atoms with Crippen LogP contribution in [0.2, 0.25) is 0 Å². The molecule has 26 heavy (non-hydrogen) atoms. The van der Waals surface area contributed by atoms with Crippen LogP contribution in [0.5, 0.6) is 5.75 Å². The Kier molecular flexibility index (Phi) is 4.95. The fourth-order valence-corrected chi connectivity index (χ4v) is 4.11. The maximum Gasteiger partial charge on any atom is 0.261 e. The smallest absolute Gasteiger partial charge is 0.261 e. The van der Waals surface area contributed by atoms with Gasteiger partial charge in [0.1, 0.15) is 18.2 Å². The van der Waals surface area contributed by atoms with Gasteiger partial charge in [0.15, 0.2) is 0 Å². The van der Waals surface area contributed by atoms with Gasteiger partial charge in [-0.15, -0.1) is 11.8 Å². The second-order valence-electron chi connectivity index (χ2n) is 6.46. The Balaban J connectivity index is 1.46. The molecule has 4 rings (SSSR count). The first-order valence-electron chi connectivity index (χ1n) is 8.68. The Bertz CT molecular complexity index is 963. The third kappa shape index (κ3) is 3.61. The normalized spacial score (nSPS) is 16.9. The highest BCUT2D eigenvalue weighted by Crippen LogP contribution is 2.18. The molecule has 1 unspecified atom stereocenters. The van der Waals surface area contributed by atoms with Crippen LogP contribution in [-0.2, 0) is 20.1 Å². The zero-order valence-corrected chi connectivity index (χ0v) is 15.5. The van der Waals surface area contributed by atoms with Crippen molar-refractivity contribution in [3.63, 3.8) is 0 Å². The van der Waals surface area contributed by atoms with E-state index in [-0.39, 0.29) is 12.2 Å². The van der Waals surface area contributed by atoms with Crippen LogP contribution in [0.25, 0.3) is 10.9 Å². The molecule has 1 aliphatic heterocycles. The number of ether oxygens (including phenoxy) is 1. The van der Waals surface area contributed by atoms with E-state index >= 15 is 0 Å². The van der Waals surface area contributed by atoms with E-state index in [1.54, 1.807) is 17.7 Å². The number of thioether (sulfide) groups is 1. The van der Waals surface area contributed by atoms with E-state index in [1.807, 2.05) is 42.1 Å². The minimum absolute atomic E-state index is 0.0496. The Labute approximate surface area is 156 Å². The third-order valence-electron chi connectivity index (χ3n) is 4.64. The molecule has 0 amide bonds. The van der Waals surface area contributed by atoms with E-state index in [1.165, 1.54) is 11.3 Å². The lowest BCUT2D eigenvalue weighted by Gasteiger charge is -2.12. The maximum atomic E-state index is 12.4. The van der Waals surface area contributed by atoms with E-state index in [2.05, 4.69) is 22.4 Å². The van der Waals surface area contributed by atoms with Crippen LogP contribution in [0.1, 0.15) is 11.4 Å². The first kappa shape index (κ1) is 17.1. The fourth-order valence-electron chi connectivity index (χ4n) is 3.12. The number of rotatable bonds is 5. The van der Waals surface area contributed by atoms with Crippen molar-refractivity contribution >= 4 is 22.7 Å². The summed E-state index contributed by atoms with van der Waals surface area (Å²) >= 11 is 1.94. The van der Waals surface area contributed by atoms with Gasteiger partial charge in [0.05, 0.1) is 10.9 Å². The van der Waals surface area contributed by atoms with Crippen molar-refractivity contribution in [2.24, 2.45) is 7.05 Å². The molecular weight excluding hydrogens is 346 g/mol. The number of nitrogens with one attached hydrogen (secondary N) is 1. The molecule has 1 N–H and O–H groups in total. The molecule has 2 heterocycles. The minimum atomic E-state index is -0.0496. The number of hydrogen-bond donors (Lipinski definition) is 1. The van der Waals surface area contributed by atoms with Crippen LogP contribution in [0, 0.1) is 0 Å². The van der Waals surface area contributed by atoms with Gasteiger partial charge in [-0.05, 0) is 36.2 Å².